The predicted octanol–water partition coefficient (Wildman–Crippen LogP) is 2.47. The van der Waals surface area contributed by atoms with Gasteiger partial charge in [-0.2, -0.15) is 0 Å². The molecule has 5 rings (SSSR count). The first-order valence-corrected chi connectivity index (χ1v) is 11.8. The number of fused-ring (bicyclic) bond motifs is 3. The van der Waals surface area contributed by atoms with E-state index in [0.29, 0.717) is 24.7 Å². The number of carbonyl (C=O) groups excluding carboxylic acids is 1. The van der Waals surface area contributed by atoms with Crippen LogP contribution in [0.4, 0.5) is 0 Å². The SMILES string of the molecule is COc1cc([C@@H]2c3cc4c(cc3[C@@H](CCN(C)CCO)[C@H]3COC(=O)[C@H]23)OCO4)cc(OC)c1O. The van der Waals surface area contributed by atoms with E-state index in [1.165, 1.54) is 14.2 Å². The van der Waals surface area contributed by atoms with Crippen LogP contribution in [-0.4, -0.2) is 75.4 Å². The Labute approximate surface area is 204 Å². The van der Waals surface area contributed by atoms with Gasteiger partial charge in [-0.3, -0.25) is 4.79 Å². The van der Waals surface area contributed by atoms with Gasteiger partial charge in [0.25, 0.3) is 0 Å². The normalized spacial score (nSPS) is 24.2. The van der Waals surface area contributed by atoms with Crippen LogP contribution in [0.3, 0.4) is 0 Å². The lowest BCUT2D eigenvalue weighted by atomic mass is 9.62. The lowest BCUT2D eigenvalue weighted by molar-refractivity contribution is -0.141. The summed E-state index contributed by atoms with van der Waals surface area (Å²) in [6, 6.07) is 7.53. The maximum atomic E-state index is 13.2. The Hall–Kier alpha value is -3.17. The fourth-order valence-electron chi connectivity index (χ4n) is 5.78. The van der Waals surface area contributed by atoms with Crippen molar-refractivity contribution in [3.05, 3.63) is 41.0 Å². The second-order valence-corrected chi connectivity index (χ2v) is 9.33. The highest BCUT2D eigenvalue weighted by Crippen LogP contribution is 2.56. The molecule has 0 spiro atoms. The van der Waals surface area contributed by atoms with Gasteiger partial charge in [0.15, 0.2) is 23.0 Å². The highest BCUT2D eigenvalue weighted by Gasteiger charge is 2.52. The molecule has 0 saturated carbocycles. The zero-order valence-corrected chi connectivity index (χ0v) is 20.2. The number of esters is 1. The van der Waals surface area contributed by atoms with Gasteiger partial charge in [0.2, 0.25) is 12.5 Å². The van der Waals surface area contributed by atoms with E-state index in [1.54, 1.807) is 12.1 Å². The van der Waals surface area contributed by atoms with Crippen LogP contribution in [0.25, 0.3) is 0 Å². The van der Waals surface area contributed by atoms with Gasteiger partial charge in [-0.1, -0.05) is 0 Å². The van der Waals surface area contributed by atoms with Crippen LogP contribution in [0, 0.1) is 11.8 Å². The molecule has 4 atom stereocenters. The summed E-state index contributed by atoms with van der Waals surface area (Å²) in [5.41, 5.74) is 2.86. The molecular formula is C26H31NO8. The van der Waals surface area contributed by atoms with Crippen molar-refractivity contribution < 1.29 is 38.7 Å². The summed E-state index contributed by atoms with van der Waals surface area (Å²) in [4.78, 5) is 15.2. The maximum absolute atomic E-state index is 13.2. The highest BCUT2D eigenvalue weighted by molar-refractivity contribution is 5.79. The number of methoxy groups -OCH3 is 2. The van der Waals surface area contributed by atoms with Gasteiger partial charge in [-0.05, 0) is 66.9 Å². The number of ether oxygens (including phenoxy) is 5. The second kappa shape index (κ2) is 9.47. The number of phenols is 1. The van der Waals surface area contributed by atoms with E-state index < -0.39 is 5.92 Å². The van der Waals surface area contributed by atoms with Gasteiger partial charge < -0.3 is 38.8 Å². The average Bonchev–Trinajstić information content (AvgIpc) is 3.47. The average molecular weight is 486 g/mol. The smallest absolute Gasteiger partial charge is 0.310 e. The number of hydrogen-bond acceptors (Lipinski definition) is 9. The molecule has 0 unspecified atom stereocenters. The van der Waals surface area contributed by atoms with E-state index in [2.05, 4.69) is 4.90 Å². The standard InChI is InChI=1S/C26H31NO8/c1-27(6-7-28)5-4-15-16-10-19-20(35-13-34-19)11-17(16)23(24-18(15)12-33-26(24)30)14-8-21(31-2)25(29)22(9-14)32-3/h8-11,15,18,23-24,28-29H,4-7,12-13H2,1-3H3/t15-,18-,23-,24+/m1/s1. The molecule has 9 heteroatoms. The molecule has 3 aliphatic rings. The minimum absolute atomic E-state index is 0.0336. The first kappa shape index (κ1) is 23.6. The van der Waals surface area contributed by atoms with Crippen LogP contribution in [0.15, 0.2) is 24.3 Å². The molecule has 2 aliphatic heterocycles. The van der Waals surface area contributed by atoms with Gasteiger partial charge in [-0.25, -0.2) is 0 Å². The van der Waals surface area contributed by atoms with Gasteiger partial charge in [-0.15, -0.1) is 0 Å². The number of aromatic hydroxyl groups is 1. The molecule has 9 nitrogen and oxygen atoms in total. The first-order valence-electron chi connectivity index (χ1n) is 11.8. The number of rotatable bonds is 8. The minimum Gasteiger partial charge on any atom is -0.502 e. The largest absolute Gasteiger partial charge is 0.502 e. The van der Waals surface area contributed by atoms with Crippen molar-refractivity contribution >= 4 is 5.97 Å². The van der Waals surface area contributed by atoms with Crippen LogP contribution in [-0.2, 0) is 9.53 Å². The Morgan fingerprint density at radius 3 is 2.29 bits per heavy atom. The number of phenolic OH excluding ortho intramolecular Hbond substituents is 1. The molecule has 0 aromatic heterocycles. The Morgan fingerprint density at radius 1 is 1.00 bits per heavy atom. The third-order valence-electron chi connectivity index (χ3n) is 7.50. The first-order chi connectivity index (χ1) is 17.0. The summed E-state index contributed by atoms with van der Waals surface area (Å²) in [6.45, 7) is 1.94. The number of aliphatic hydroxyl groups is 1. The van der Waals surface area contributed by atoms with Crippen LogP contribution < -0.4 is 18.9 Å². The molecule has 2 aromatic rings. The van der Waals surface area contributed by atoms with Crippen LogP contribution in [0.5, 0.6) is 28.7 Å². The summed E-state index contributed by atoms with van der Waals surface area (Å²) >= 11 is 0. The molecule has 0 radical (unpaired) electrons. The lowest BCUT2D eigenvalue weighted by Gasteiger charge is -2.40. The zero-order chi connectivity index (χ0) is 24.7. The summed E-state index contributed by atoms with van der Waals surface area (Å²) < 4.78 is 27.9. The van der Waals surface area contributed by atoms with E-state index in [1.807, 2.05) is 19.2 Å². The van der Waals surface area contributed by atoms with Crippen LogP contribution in [0.1, 0.15) is 34.9 Å². The highest BCUT2D eigenvalue weighted by atomic mass is 16.7. The Morgan fingerprint density at radius 2 is 1.66 bits per heavy atom. The Balaban J connectivity index is 1.65. The number of cyclic esters (lactones) is 1. The van der Waals surface area contributed by atoms with Crippen molar-refractivity contribution in [2.75, 3.05) is 54.4 Å². The van der Waals surface area contributed by atoms with E-state index in [-0.39, 0.29) is 54.4 Å². The molecule has 2 aromatic carbocycles. The van der Waals surface area contributed by atoms with E-state index >= 15 is 0 Å². The number of benzene rings is 2. The molecule has 2 N–H and O–H groups in total. The number of likely N-dealkylation sites (N-methyl/N-ethyl adjacent to an activating group) is 1. The molecular weight excluding hydrogens is 454 g/mol. The van der Waals surface area contributed by atoms with Crippen LogP contribution >= 0.6 is 0 Å². The third kappa shape index (κ3) is 4.02. The molecule has 2 heterocycles. The van der Waals surface area contributed by atoms with Gasteiger partial charge >= 0.3 is 5.97 Å². The molecule has 0 bridgehead atoms. The minimum atomic E-state index is -0.407. The van der Waals surface area contributed by atoms with Crippen molar-refractivity contribution in [3.8, 4) is 28.7 Å². The number of nitrogens with zero attached hydrogens (tertiary/aromatic N) is 1. The van der Waals surface area contributed by atoms with Gasteiger partial charge in [0, 0.05) is 18.4 Å². The quantitative estimate of drug-likeness (QED) is 0.545. The fourth-order valence-corrected chi connectivity index (χ4v) is 5.78. The van der Waals surface area contributed by atoms with Gasteiger partial charge in [0.1, 0.15) is 0 Å². The molecule has 0 amide bonds. The number of aliphatic hydroxyl groups excluding tert-OH is 1. The van der Waals surface area contributed by atoms with Crippen molar-refractivity contribution in [1.82, 2.24) is 4.90 Å². The van der Waals surface area contributed by atoms with Gasteiger partial charge in [0.05, 0.1) is 33.4 Å². The molecule has 1 fully saturated rings. The van der Waals surface area contributed by atoms with Crippen molar-refractivity contribution in [2.45, 2.75) is 18.3 Å². The monoisotopic (exact) mass is 485 g/mol. The predicted molar refractivity (Wildman–Crippen MR) is 125 cm³/mol. The zero-order valence-electron chi connectivity index (χ0n) is 20.2. The van der Waals surface area contributed by atoms with Crippen molar-refractivity contribution in [3.63, 3.8) is 0 Å². The van der Waals surface area contributed by atoms with E-state index in [4.69, 9.17) is 23.7 Å². The Kier molecular flexibility index (Phi) is 6.37. The molecule has 1 saturated heterocycles. The topological polar surface area (TPSA) is 107 Å². The lowest BCUT2D eigenvalue weighted by Crippen LogP contribution is -2.36. The Bertz CT molecular complexity index is 1090. The molecule has 35 heavy (non-hydrogen) atoms. The summed E-state index contributed by atoms with van der Waals surface area (Å²) in [7, 11) is 4.94. The van der Waals surface area contributed by atoms with Crippen molar-refractivity contribution in [1.29, 1.82) is 0 Å². The molecule has 188 valence electrons. The molecule has 1 aliphatic carbocycles. The summed E-state index contributed by atoms with van der Waals surface area (Å²) in [5, 5.41) is 19.8. The second-order valence-electron chi connectivity index (χ2n) is 9.33. The number of carbonyl (C=O) groups is 1. The van der Waals surface area contributed by atoms with Crippen LogP contribution in [0.2, 0.25) is 0 Å². The summed E-state index contributed by atoms with van der Waals surface area (Å²) in [6.07, 6.45) is 0.801. The maximum Gasteiger partial charge on any atom is 0.310 e. The van der Waals surface area contributed by atoms with Crippen molar-refractivity contribution in [2.24, 2.45) is 11.8 Å². The van der Waals surface area contributed by atoms with E-state index in [0.717, 1.165) is 29.7 Å². The third-order valence-corrected chi connectivity index (χ3v) is 7.50. The van der Waals surface area contributed by atoms with E-state index in [9.17, 15) is 15.0 Å². The number of hydrogen-bond donors (Lipinski definition) is 2. The summed E-state index contributed by atoms with van der Waals surface area (Å²) in [5.74, 6) is 0.855. The fraction of sp³-hybridized carbons (Fsp3) is 0.500.